The predicted octanol–water partition coefficient (Wildman–Crippen LogP) is 1.11. The Labute approximate surface area is 184 Å². The zero-order valence-corrected chi connectivity index (χ0v) is 18.1. The first kappa shape index (κ1) is 25.7. The largest absolute Gasteiger partial charge is 0.507 e. The molecule has 0 aromatic heterocycles. The van der Waals surface area contributed by atoms with Crippen molar-refractivity contribution in [2.75, 3.05) is 18.5 Å². The summed E-state index contributed by atoms with van der Waals surface area (Å²) in [4.78, 5) is 42.0. The molecule has 2 rings (SSSR count). The molecule has 6 N–H and O–H groups in total. The molecule has 0 bridgehead atoms. The fourth-order valence-electron chi connectivity index (χ4n) is 2.88. The number of phenols is 1. The topological polar surface area (TPSA) is 183 Å². The number of hydrogen-bond acceptors (Lipinski definition) is 9. The van der Waals surface area contributed by atoms with Crippen LogP contribution in [0.2, 0.25) is 0 Å². The molecule has 0 saturated carbocycles. The fraction of sp³-hybridized carbons (Fsp3) is 0.400. The van der Waals surface area contributed by atoms with E-state index in [-0.39, 0.29) is 37.1 Å². The quantitative estimate of drug-likeness (QED) is 0.205. The highest BCUT2D eigenvalue weighted by molar-refractivity contribution is 7.46. The van der Waals surface area contributed by atoms with Crippen molar-refractivity contribution in [3.63, 3.8) is 0 Å². The van der Waals surface area contributed by atoms with Gasteiger partial charge in [0.1, 0.15) is 23.5 Å². The smallest absolute Gasteiger partial charge is 0.469 e. The molecule has 0 spiro atoms. The van der Waals surface area contributed by atoms with Crippen molar-refractivity contribution in [2.24, 2.45) is 0 Å². The van der Waals surface area contributed by atoms with Crippen molar-refractivity contribution in [2.45, 2.75) is 38.1 Å². The summed E-state index contributed by atoms with van der Waals surface area (Å²) in [6, 6.07) is 2.73. The van der Waals surface area contributed by atoms with Crippen LogP contribution in [0.4, 0.5) is 5.69 Å². The van der Waals surface area contributed by atoms with Gasteiger partial charge in [-0.3, -0.25) is 9.32 Å². The molecule has 1 aromatic rings. The van der Waals surface area contributed by atoms with E-state index in [1.54, 1.807) is 6.92 Å². The van der Waals surface area contributed by atoms with Crippen LogP contribution in [0, 0.1) is 0 Å². The van der Waals surface area contributed by atoms with Crippen LogP contribution in [0.1, 0.15) is 35.7 Å². The number of ketones is 1. The first-order chi connectivity index (χ1) is 15.0. The summed E-state index contributed by atoms with van der Waals surface area (Å²) in [6.45, 7) is 1.27. The van der Waals surface area contributed by atoms with Gasteiger partial charge in [0.2, 0.25) is 0 Å². The summed E-state index contributed by atoms with van der Waals surface area (Å²) in [7, 11) is -4.61. The zero-order valence-electron chi connectivity index (χ0n) is 17.2. The number of esters is 1. The number of ether oxygens (including phenoxy) is 1. The first-order valence-electron chi connectivity index (χ1n) is 9.73. The number of phenolic OH excluding ortho intramolecular Hbond substituents is 1. The summed E-state index contributed by atoms with van der Waals surface area (Å²) >= 11 is 0. The van der Waals surface area contributed by atoms with Crippen molar-refractivity contribution < 1.29 is 48.5 Å². The molecule has 3 unspecified atom stereocenters. The molecule has 0 fully saturated rings. The van der Waals surface area contributed by atoms with Gasteiger partial charge in [0.05, 0.1) is 12.7 Å². The minimum atomic E-state index is -4.61. The fourth-order valence-corrected chi connectivity index (χ4v) is 3.21. The van der Waals surface area contributed by atoms with Crippen molar-refractivity contribution in [3.8, 4) is 5.75 Å². The molecule has 176 valence electrons. The molecular formula is C20H26NO10P. The lowest BCUT2D eigenvalue weighted by molar-refractivity contribution is -0.127. The molecule has 1 aliphatic rings. The van der Waals surface area contributed by atoms with E-state index in [1.807, 2.05) is 0 Å². The van der Waals surface area contributed by atoms with E-state index in [0.717, 1.165) is 6.08 Å². The monoisotopic (exact) mass is 471 g/mol. The Hall–Kier alpha value is -2.53. The lowest BCUT2D eigenvalue weighted by atomic mass is 10.0. The van der Waals surface area contributed by atoms with Gasteiger partial charge in [-0.05, 0) is 31.1 Å². The minimum Gasteiger partial charge on any atom is -0.507 e. The Bertz CT molecular complexity index is 939. The van der Waals surface area contributed by atoms with Crippen molar-refractivity contribution in [3.05, 3.63) is 41.5 Å². The van der Waals surface area contributed by atoms with Crippen LogP contribution in [0.5, 0.6) is 5.75 Å². The highest BCUT2D eigenvalue weighted by atomic mass is 31.2. The van der Waals surface area contributed by atoms with Gasteiger partial charge in [-0.1, -0.05) is 18.2 Å². The van der Waals surface area contributed by atoms with Gasteiger partial charge in [0.15, 0.2) is 5.78 Å². The van der Waals surface area contributed by atoms with Crippen LogP contribution in [-0.4, -0.2) is 68.3 Å². The number of aliphatic hydroxyl groups excluding tert-OH is 2. The van der Waals surface area contributed by atoms with E-state index < -0.39 is 43.6 Å². The number of aliphatic hydroxyl groups is 2. The maximum absolute atomic E-state index is 12.6. The molecular weight excluding hydrogens is 445 g/mol. The third-order valence-electron chi connectivity index (χ3n) is 4.43. The van der Waals surface area contributed by atoms with E-state index >= 15 is 0 Å². The minimum absolute atomic E-state index is 0.00607. The zero-order chi connectivity index (χ0) is 23.9. The van der Waals surface area contributed by atoms with E-state index in [1.165, 1.54) is 30.4 Å². The van der Waals surface area contributed by atoms with Crippen LogP contribution in [0.3, 0.4) is 0 Å². The molecule has 11 nitrogen and oxygen atoms in total. The van der Waals surface area contributed by atoms with Crippen LogP contribution in [-0.2, 0) is 18.6 Å². The average molecular weight is 471 g/mol. The van der Waals surface area contributed by atoms with Crippen LogP contribution >= 0.6 is 7.82 Å². The molecule has 0 radical (unpaired) electrons. The Morgan fingerprint density at radius 1 is 1.16 bits per heavy atom. The number of aromatic hydroxyl groups is 1. The molecule has 12 heteroatoms. The number of carbonyl (C=O) groups excluding carboxylic acids is 2. The number of benzene rings is 1. The van der Waals surface area contributed by atoms with Gasteiger partial charge in [-0.2, -0.15) is 0 Å². The molecule has 1 heterocycles. The Balaban J connectivity index is 2.32. The maximum atomic E-state index is 12.6. The Kier molecular flexibility index (Phi) is 9.14. The first-order valence-corrected chi connectivity index (χ1v) is 11.3. The molecule has 1 aliphatic heterocycles. The van der Waals surface area contributed by atoms with Crippen molar-refractivity contribution in [1.29, 1.82) is 0 Å². The number of anilines is 1. The lowest BCUT2D eigenvalue weighted by Gasteiger charge is -2.17. The summed E-state index contributed by atoms with van der Waals surface area (Å²) in [5.41, 5.74) is 0.416. The number of phosphoric acid groups is 1. The summed E-state index contributed by atoms with van der Waals surface area (Å²) in [5.74, 6) is -1.88. The highest BCUT2D eigenvalue weighted by Crippen LogP contribution is 2.35. The van der Waals surface area contributed by atoms with Crippen LogP contribution in [0.25, 0.3) is 6.08 Å². The van der Waals surface area contributed by atoms with Gasteiger partial charge in [-0.25, -0.2) is 9.36 Å². The summed E-state index contributed by atoms with van der Waals surface area (Å²) < 4.78 is 20.4. The predicted molar refractivity (Wildman–Crippen MR) is 114 cm³/mol. The standard InChI is InChI=1S/C20H26NO10P/c1-12-4-2-6-15(22)19(25)16(23)7-3-5-13-10-14(21-8-9-30-32(27,28)29)11-17(24)18(13)20(26)31-12/h2-3,5-6,10-12,16,19,21,23-25H,4,7-9H2,1H3,(H2,27,28,29)/b5-3+,6-2-. The van der Waals surface area contributed by atoms with Gasteiger partial charge >= 0.3 is 13.8 Å². The highest BCUT2D eigenvalue weighted by Gasteiger charge is 2.23. The lowest BCUT2D eigenvalue weighted by Crippen LogP contribution is -2.32. The number of phosphoric ester groups is 1. The number of fused-ring (bicyclic) bond motifs is 1. The van der Waals surface area contributed by atoms with Crippen LogP contribution in [0.15, 0.2) is 30.4 Å². The number of nitrogens with one attached hydrogen (secondary N) is 1. The number of carbonyl (C=O) groups is 2. The molecule has 0 saturated heterocycles. The van der Waals surface area contributed by atoms with E-state index in [4.69, 9.17) is 14.5 Å². The number of hydrogen-bond donors (Lipinski definition) is 6. The molecule has 32 heavy (non-hydrogen) atoms. The van der Waals surface area contributed by atoms with E-state index in [0.29, 0.717) is 5.69 Å². The summed E-state index contributed by atoms with van der Waals surface area (Å²) in [6.07, 6.45) is 1.80. The molecule has 0 aliphatic carbocycles. The van der Waals surface area contributed by atoms with Gasteiger partial charge in [0.25, 0.3) is 0 Å². The Morgan fingerprint density at radius 2 is 1.84 bits per heavy atom. The van der Waals surface area contributed by atoms with E-state index in [9.17, 15) is 29.5 Å². The van der Waals surface area contributed by atoms with Gasteiger partial charge < -0.3 is 35.2 Å². The maximum Gasteiger partial charge on any atom is 0.469 e. The van der Waals surface area contributed by atoms with Crippen molar-refractivity contribution in [1.82, 2.24) is 0 Å². The van der Waals surface area contributed by atoms with Crippen molar-refractivity contribution >= 4 is 31.3 Å². The number of cyclic esters (lactones) is 1. The van der Waals surface area contributed by atoms with Gasteiger partial charge in [0, 0.05) is 24.7 Å². The second kappa shape index (κ2) is 11.4. The third-order valence-corrected chi connectivity index (χ3v) is 4.95. The Morgan fingerprint density at radius 3 is 2.53 bits per heavy atom. The summed E-state index contributed by atoms with van der Waals surface area (Å²) in [5, 5.41) is 33.2. The van der Waals surface area contributed by atoms with Crippen LogP contribution < -0.4 is 5.32 Å². The normalized spacial score (nSPS) is 24.7. The third kappa shape index (κ3) is 7.86. The second-order valence-corrected chi connectivity index (χ2v) is 8.36. The molecule has 0 amide bonds. The molecule has 1 aromatic carbocycles. The average Bonchev–Trinajstić information content (AvgIpc) is 2.68. The number of rotatable bonds is 5. The SMILES string of the molecule is CC1C/C=C\C(=O)C(O)C(O)C/C=C/c2cc(NCCOP(=O)(O)O)cc(O)c2C(=O)O1. The van der Waals surface area contributed by atoms with Gasteiger partial charge in [-0.15, -0.1) is 0 Å². The van der Waals surface area contributed by atoms with E-state index in [2.05, 4.69) is 9.84 Å². The molecule has 3 atom stereocenters. The second-order valence-electron chi connectivity index (χ2n) is 7.12.